The topological polar surface area (TPSA) is 49.4 Å². The van der Waals surface area contributed by atoms with Crippen molar-refractivity contribution in [3.63, 3.8) is 0 Å². The van der Waals surface area contributed by atoms with Crippen LogP contribution in [0.25, 0.3) is 0 Å². The summed E-state index contributed by atoms with van der Waals surface area (Å²) in [5.41, 5.74) is -0.735. The quantitative estimate of drug-likeness (QED) is 0.720. The Labute approximate surface area is 96.4 Å². The summed E-state index contributed by atoms with van der Waals surface area (Å²) in [5, 5.41) is 2.74. The molecule has 1 saturated carbocycles. The SMILES string of the molecule is CC1CCC(N2CC(=O)NC(C)(C)C2=O)C1. The molecule has 1 N–H and O–H groups in total. The highest BCUT2D eigenvalue weighted by Gasteiger charge is 2.43. The van der Waals surface area contributed by atoms with Gasteiger partial charge in [-0.2, -0.15) is 0 Å². The first-order valence-electron chi connectivity index (χ1n) is 6.02. The smallest absolute Gasteiger partial charge is 0.248 e. The maximum Gasteiger partial charge on any atom is 0.248 e. The standard InChI is InChI=1S/C12H20N2O2/c1-8-4-5-9(6-8)14-7-10(15)13-12(2,3)11(14)16/h8-9H,4-7H2,1-3H3,(H,13,15). The van der Waals surface area contributed by atoms with E-state index in [-0.39, 0.29) is 24.4 Å². The molecule has 0 bridgehead atoms. The van der Waals surface area contributed by atoms with Crippen LogP contribution >= 0.6 is 0 Å². The summed E-state index contributed by atoms with van der Waals surface area (Å²) < 4.78 is 0. The fourth-order valence-corrected chi connectivity index (χ4v) is 2.78. The number of piperazine rings is 1. The Morgan fingerprint density at radius 2 is 2.00 bits per heavy atom. The predicted octanol–water partition coefficient (Wildman–Crippen LogP) is 0.912. The molecule has 2 fully saturated rings. The molecule has 1 aliphatic carbocycles. The molecule has 0 aromatic heterocycles. The number of hydrogen-bond donors (Lipinski definition) is 1. The number of carbonyl (C=O) groups excluding carboxylic acids is 2. The minimum atomic E-state index is -0.735. The van der Waals surface area contributed by atoms with Crippen LogP contribution in [0, 0.1) is 5.92 Å². The van der Waals surface area contributed by atoms with Gasteiger partial charge in [0.05, 0.1) is 6.54 Å². The largest absolute Gasteiger partial charge is 0.341 e. The Morgan fingerprint density at radius 3 is 2.56 bits per heavy atom. The van der Waals surface area contributed by atoms with Gasteiger partial charge in [0, 0.05) is 6.04 Å². The molecule has 0 aromatic carbocycles. The van der Waals surface area contributed by atoms with Gasteiger partial charge in [0.2, 0.25) is 11.8 Å². The molecule has 2 rings (SSSR count). The molecule has 4 heteroatoms. The lowest BCUT2D eigenvalue weighted by molar-refractivity contribution is -0.150. The van der Waals surface area contributed by atoms with Crippen LogP contribution in [-0.4, -0.2) is 34.8 Å². The number of rotatable bonds is 1. The third-order valence-corrected chi connectivity index (χ3v) is 3.67. The van der Waals surface area contributed by atoms with Gasteiger partial charge in [0.15, 0.2) is 0 Å². The number of hydrogen-bond acceptors (Lipinski definition) is 2. The van der Waals surface area contributed by atoms with Crippen molar-refractivity contribution in [3.05, 3.63) is 0 Å². The van der Waals surface area contributed by atoms with Crippen LogP contribution in [-0.2, 0) is 9.59 Å². The zero-order chi connectivity index (χ0) is 11.9. The number of carbonyl (C=O) groups is 2. The molecule has 1 aliphatic heterocycles. The first-order valence-corrected chi connectivity index (χ1v) is 6.02. The van der Waals surface area contributed by atoms with Gasteiger partial charge in [-0.25, -0.2) is 0 Å². The summed E-state index contributed by atoms with van der Waals surface area (Å²) in [6, 6.07) is 0.271. The van der Waals surface area contributed by atoms with Gasteiger partial charge >= 0.3 is 0 Å². The summed E-state index contributed by atoms with van der Waals surface area (Å²) in [7, 11) is 0. The molecule has 2 amide bonds. The highest BCUT2D eigenvalue weighted by Crippen LogP contribution is 2.30. The van der Waals surface area contributed by atoms with Crippen molar-refractivity contribution in [1.29, 1.82) is 0 Å². The van der Waals surface area contributed by atoms with Gasteiger partial charge in [-0.15, -0.1) is 0 Å². The van der Waals surface area contributed by atoms with Crippen molar-refractivity contribution in [1.82, 2.24) is 10.2 Å². The molecule has 0 spiro atoms. The van der Waals surface area contributed by atoms with Crippen molar-refractivity contribution < 1.29 is 9.59 Å². The summed E-state index contributed by atoms with van der Waals surface area (Å²) in [4.78, 5) is 25.5. The van der Waals surface area contributed by atoms with Crippen molar-refractivity contribution in [2.75, 3.05) is 6.54 Å². The fraction of sp³-hybridized carbons (Fsp3) is 0.833. The molecule has 2 atom stereocenters. The molecule has 2 unspecified atom stereocenters. The van der Waals surface area contributed by atoms with Crippen molar-refractivity contribution in [3.8, 4) is 0 Å². The van der Waals surface area contributed by atoms with Crippen LogP contribution in [0.5, 0.6) is 0 Å². The van der Waals surface area contributed by atoms with Crippen LogP contribution in [0.1, 0.15) is 40.0 Å². The maximum absolute atomic E-state index is 12.2. The third-order valence-electron chi connectivity index (χ3n) is 3.67. The van der Waals surface area contributed by atoms with E-state index >= 15 is 0 Å². The summed E-state index contributed by atoms with van der Waals surface area (Å²) in [5.74, 6) is 0.696. The van der Waals surface area contributed by atoms with Crippen LogP contribution in [0.3, 0.4) is 0 Å². The monoisotopic (exact) mass is 224 g/mol. The Balaban J connectivity index is 2.14. The summed E-state index contributed by atoms with van der Waals surface area (Å²) >= 11 is 0. The van der Waals surface area contributed by atoms with E-state index in [1.165, 1.54) is 0 Å². The van der Waals surface area contributed by atoms with E-state index in [2.05, 4.69) is 12.2 Å². The third kappa shape index (κ3) is 1.93. The van der Waals surface area contributed by atoms with Crippen LogP contribution < -0.4 is 5.32 Å². The van der Waals surface area contributed by atoms with Crippen molar-refractivity contribution >= 4 is 11.8 Å². The van der Waals surface area contributed by atoms with Gasteiger partial charge < -0.3 is 10.2 Å². The molecule has 0 aromatic rings. The fourth-order valence-electron chi connectivity index (χ4n) is 2.78. The van der Waals surface area contributed by atoms with Crippen LogP contribution in [0.2, 0.25) is 0 Å². The van der Waals surface area contributed by atoms with E-state index in [9.17, 15) is 9.59 Å². The van der Waals surface area contributed by atoms with Crippen molar-refractivity contribution in [2.45, 2.75) is 51.6 Å². The summed E-state index contributed by atoms with van der Waals surface area (Å²) in [6.45, 7) is 5.99. The Kier molecular flexibility index (Phi) is 2.68. The van der Waals surface area contributed by atoms with E-state index in [1.807, 2.05) is 0 Å². The van der Waals surface area contributed by atoms with E-state index in [4.69, 9.17) is 0 Å². The van der Waals surface area contributed by atoms with Crippen LogP contribution in [0.15, 0.2) is 0 Å². The average Bonchev–Trinajstić information content (AvgIpc) is 2.57. The zero-order valence-electron chi connectivity index (χ0n) is 10.2. The molecular formula is C12H20N2O2. The number of nitrogens with zero attached hydrogens (tertiary/aromatic N) is 1. The molecule has 1 saturated heterocycles. The van der Waals surface area contributed by atoms with Crippen LogP contribution in [0.4, 0.5) is 0 Å². The number of amides is 2. The van der Waals surface area contributed by atoms with E-state index in [0.29, 0.717) is 5.92 Å². The first kappa shape index (κ1) is 11.4. The second-order valence-electron chi connectivity index (χ2n) is 5.68. The normalized spacial score (nSPS) is 34.1. The van der Waals surface area contributed by atoms with Gasteiger partial charge in [-0.05, 0) is 39.0 Å². The van der Waals surface area contributed by atoms with Crippen molar-refractivity contribution in [2.24, 2.45) is 5.92 Å². The average molecular weight is 224 g/mol. The Morgan fingerprint density at radius 1 is 1.31 bits per heavy atom. The van der Waals surface area contributed by atoms with E-state index < -0.39 is 5.54 Å². The Hall–Kier alpha value is -1.06. The molecule has 4 nitrogen and oxygen atoms in total. The number of nitrogens with one attached hydrogen (secondary N) is 1. The predicted molar refractivity (Wildman–Crippen MR) is 60.7 cm³/mol. The second kappa shape index (κ2) is 3.75. The molecule has 1 heterocycles. The van der Waals surface area contributed by atoms with Gasteiger partial charge in [0.25, 0.3) is 0 Å². The highest BCUT2D eigenvalue weighted by molar-refractivity contribution is 5.97. The maximum atomic E-state index is 12.2. The summed E-state index contributed by atoms with van der Waals surface area (Å²) in [6.07, 6.45) is 3.24. The van der Waals surface area contributed by atoms with E-state index in [1.54, 1.807) is 18.7 Å². The van der Waals surface area contributed by atoms with E-state index in [0.717, 1.165) is 19.3 Å². The molecular weight excluding hydrogens is 204 g/mol. The molecule has 2 aliphatic rings. The van der Waals surface area contributed by atoms with Gasteiger partial charge in [0.1, 0.15) is 5.54 Å². The highest BCUT2D eigenvalue weighted by atomic mass is 16.2. The zero-order valence-corrected chi connectivity index (χ0v) is 10.2. The first-order chi connectivity index (χ1) is 7.40. The molecule has 0 radical (unpaired) electrons. The lowest BCUT2D eigenvalue weighted by Gasteiger charge is -2.40. The minimum absolute atomic E-state index is 0.0378. The lowest BCUT2D eigenvalue weighted by Crippen LogP contribution is -2.65. The lowest BCUT2D eigenvalue weighted by atomic mass is 9.98. The minimum Gasteiger partial charge on any atom is -0.341 e. The molecule has 90 valence electrons. The van der Waals surface area contributed by atoms with Gasteiger partial charge in [-0.3, -0.25) is 9.59 Å². The van der Waals surface area contributed by atoms with Gasteiger partial charge in [-0.1, -0.05) is 6.92 Å². The molecule has 16 heavy (non-hydrogen) atoms. The Bertz CT molecular complexity index is 325. The second-order valence-corrected chi connectivity index (χ2v) is 5.68.